The Labute approximate surface area is 143 Å². The molecule has 2 aliphatic rings. The zero-order chi connectivity index (χ0) is 18.1. The second-order valence-electron chi connectivity index (χ2n) is 6.00. The predicted molar refractivity (Wildman–Crippen MR) is 82.1 cm³/mol. The fourth-order valence-corrected chi connectivity index (χ4v) is 2.82. The van der Waals surface area contributed by atoms with Crippen molar-refractivity contribution in [2.24, 2.45) is 0 Å². The van der Waals surface area contributed by atoms with E-state index in [0.717, 1.165) is 5.56 Å². The van der Waals surface area contributed by atoms with Crippen LogP contribution in [0.1, 0.15) is 11.7 Å². The van der Waals surface area contributed by atoms with Gasteiger partial charge in [-0.1, -0.05) is 6.07 Å². The average molecular weight is 358 g/mol. The fraction of sp³-hybridized carbons (Fsp3) is 0.625. The van der Waals surface area contributed by atoms with E-state index in [9.17, 15) is 20.4 Å². The van der Waals surface area contributed by atoms with Gasteiger partial charge in [0.25, 0.3) is 0 Å². The van der Waals surface area contributed by atoms with E-state index in [-0.39, 0.29) is 24.6 Å². The van der Waals surface area contributed by atoms with Gasteiger partial charge in [0.1, 0.15) is 36.6 Å². The summed E-state index contributed by atoms with van der Waals surface area (Å²) in [4.78, 5) is 0. The van der Waals surface area contributed by atoms with Gasteiger partial charge in [-0.2, -0.15) is 0 Å². The van der Waals surface area contributed by atoms with Crippen LogP contribution in [-0.4, -0.2) is 82.7 Å². The quantitative estimate of drug-likeness (QED) is 0.376. The van der Waals surface area contributed by atoms with Crippen molar-refractivity contribution >= 4 is 0 Å². The topological polar surface area (TPSA) is 141 Å². The summed E-state index contributed by atoms with van der Waals surface area (Å²) in [7, 11) is 1.44. The van der Waals surface area contributed by atoms with Gasteiger partial charge in [-0.05, 0) is 17.7 Å². The first kappa shape index (κ1) is 18.3. The number of aliphatic hydroxyl groups excluding tert-OH is 5. The summed E-state index contributed by atoms with van der Waals surface area (Å²) in [5.41, 5.74) is 0.803. The number of methoxy groups -OCH3 is 1. The minimum Gasteiger partial charge on any atom is -0.493 e. The maximum atomic E-state index is 10.0. The highest BCUT2D eigenvalue weighted by atomic mass is 16.7. The number of rotatable bonds is 6. The molecule has 3 rings (SSSR count). The molecule has 9 nitrogen and oxygen atoms in total. The predicted octanol–water partition coefficient (Wildman–Crippen LogP) is -1.69. The summed E-state index contributed by atoms with van der Waals surface area (Å²) in [6, 6.07) is 4.99. The molecule has 2 saturated heterocycles. The fourth-order valence-electron chi connectivity index (χ4n) is 2.82. The monoisotopic (exact) mass is 358 g/mol. The zero-order valence-electron chi connectivity index (χ0n) is 13.6. The Balaban J connectivity index is 1.75. The van der Waals surface area contributed by atoms with Gasteiger partial charge in [0, 0.05) is 0 Å². The van der Waals surface area contributed by atoms with Crippen molar-refractivity contribution in [1.82, 2.24) is 0 Å². The Hall–Kier alpha value is -1.46. The highest BCUT2D eigenvalue weighted by molar-refractivity contribution is 5.44. The summed E-state index contributed by atoms with van der Waals surface area (Å²) < 4.78 is 21.5. The summed E-state index contributed by atoms with van der Waals surface area (Å²) in [6.07, 6.45) is -7.27. The molecule has 0 unspecified atom stereocenters. The summed E-state index contributed by atoms with van der Waals surface area (Å²) in [5, 5.41) is 47.9. The van der Waals surface area contributed by atoms with Gasteiger partial charge >= 0.3 is 0 Å². The second kappa shape index (κ2) is 7.42. The van der Waals surface area contributed by atoms with Crippen LogP contribution in [0.15, 0.2) is 18.2 Å². The molecule has 0 spiro atoms. The lowest BCUT2D eigenvalue weighted by atomic mass is 9.99. The Morgan fingerprint density at radius 3 is 2.24 bits per heavy atom. The lowest BCUT2D eigenvalue weighted by Crippen LogP contribution is -2.60. The Morgan fingerprint density at radius 1 is 0.920 bits per heavy atom. The highest BCUT2D eigenvalue weighted by Gasteiger charge is 2.45. The summed E-state index contributed by atoms with van der Waals surface area (Å²) in [6.45, 7) is -0.613. The molecule has 0 amide bonds. The molecule has 0 aromatic heterocycles. The standard InChI is InChI=1S/C16H22O9/c1-22-9-4-7(15-11(6-18)23-15)2-3-8(9)24-16-14(21)13(20)12(19)10(5-17)25-16/h2-4,10-21H,5-6H2,1H3/t10-,11-,12-,13+,14-,15-,16-/m1/s1. The van der Waals surface area contributed by atoms with Crippen molar-refractivity contribution in [3.05, 3.63) is 23.8 Å². The van der Waals surface area contributed by atoms with Crippen LogP contribution < -0.4 is 9.47 Å². The summed E-state index contributed by atoms with van der Waals surface area (Å²) in [5.74, 6) is 0.596. The zero-order valence-corrected chi connectivity index (χ0v) is 13.6. The Morgan fingerprint density at radius 2 is 1.64 bits per heavy atom. The molecule has 9 heteroatoms. The van der Waals surface area contributed by atoms with Crippen LogP contribution in [0.2, 0.25) is 0 Å². The normalized spacial score (nSPS) is 37.6. The first-order valence-electron chi connectivity index (χ1n) is 7.91. The van der Waals surface area contributed by atoms with Gasteiger partial charge in [0.05, 0.1) is 20.3 Å². The van der Waals surface area contributed by atoms with Crippen LogP contribution in [0.4, 0.5) is 0 Å². The molecule has 2 heterocycles. The van der Waals surface area contributed by atoms with Gasteiger partial charge in [0.15, 0.2) is 11.5 Å². The highest BCUT2D eigenvalue weighted by Crippen LogP contribution is 2.42. The van der Waals surface area contributed by atoms with Crippen LogP contribution in [0, 0.1) is 0 Å². The molecule has 0 bridgehead atoms. The molecule has 1 aromatic carbocycles. The van der Waals surface area contributed by atoms with Crippen LogP contribution in [0.3, 0.4) is 0 Å². The van der Waals surface area contributed by atoms with Crippen LogP contribution >= 0.6 is 0 Å². The van der Waals surface area contributed by atoms with Crippen LogP contribution in [-0.2, 0) is 9.47 Å². The van der Waals surface area contributed by atoms with E-state index in [1.54, 1.807) is 18.2 Å². The van der Waals surface area contributed by atoms with E-state index in [4.69, 9.17) is 24.1 Å². The first-order valence-corrected chi connectivity index (χ1v) is 7.91. The number of hydrogen-bond donors (Lipinski definition) is 5. The third-order valence-corrected chi connectivity index (χ3v) is 4.37. The molecular weight excluding hydrogens is 336 g/mol. The van der Waals surface area contributed by atoms with Crippen molar-refractivity contribution < 1.29 is 44.5 Å². The lowest BCUT2D eigenvalue weighted by Gasteiger charge is -2.39. The molecule has 2 fully saturated rings. The average Bonchev–Trinajstić information content (AvgIpc) is 3.42. The first-order chi connectivity index (χ1) is 12.0. The maximum Gasteiger partial charge on any atom is 0.229 e. The maximum absolute atomic E-state index is 10.0. The molecule has 0 saturated carbocycles. The van der Waals surface area contributed by atoms with Gasteiger partial charge < -0.3 is 44.5 Å². The van der Waals surface area contributed by atoms with Gasteiger partial charge in [0.2, 0.25) is 6.29 Å². The van der Waals surface area contributed by atoms with E-state index in [0.29, 0.717) is 5.75 Å². The van der Waals surface area contributed by atoms with Crippen molar-refractivity contribution in [1.29, 1.82) is 0 Å². The van der Waals surface area contributed by atoms with Gasteiger partial charge in [-0.25, -0.2) is 0 Å². The number of ether oxygens (including phenoxy) is 4. The number of benzene rings is 1. The third kappa shape index (κ3) is 3.58. The molecule has 140 valence electrons. The van der Waals surface area contributed by atoms with Crippen molar-refractivity contribution in [3.8, 4) is 11.5 Å². The van der Waals surface area contributed by atoms with Gasteiger partial charge in [-0.3, -0.25) is 0 Å². The minimum absolute atomic E-state index is 0.0733. The second-order valence-corrected chi connectivity index (χ2v) is 6.00. The molecule has 0 radical (unpaired) electrons. The number of hydrogen-bond acceptors (Lipinski definition) is 9. The minimum atomic E-state index is -1.52. The van der Waals surface area contributed by atoms with Crippen molar-refractivity contribution in [2.75, 3.05) is 20.3 Å². The molecule has 7 atom stereocenters. The molecule has 1 aromatic rings. The molecular formula is C16H22O9. The van der Waals surface area contributed by atoms with E-state index in [2.05, 4.69) is 0 Å². The van der Waals surface area contributed by atoms with Crippen LogP contribution in [0.25, 0.3) is 0 Å². The smallest absolute Gasteiger partial charge is 0.229 e. The molecule has 2 aliphatic heterocycles. The van der Waals surface area contributed by atoms with E-state index >= 15 is 0 Å². The van der Waals surface area contributed by atoms with E-state index in [1.807, 2.05) is 0 Å². The summed E-state index contributed by atoms with van der Waals surface area (Å²) >= 11 is 0. The third-order valence-electron chi connectivity index (χ3n) is 4.37. The number of aliphatic hydroxyl groups is 5. The largest absolute Gasteiger partial charge is 0.493 e. The van der Waals surface area contributed by atoms with E-state index < -0.39 is 37.3 Å². The van der Waals surface area contributed by atoms with Crippen molar-refractivity contribution in [2.45, 2.75) is 42.9 Å². The molecule has 0 aliphatic carbocycles. The van der Waals surface area contributed by atoms with Crippen molar-refractivity contribution in [3.63, 3.8) is 0 Å². The Bertz CT molecular complexity index is 593. The van der Waals surface area contributed by atoms with E-state index in [1.165, 1.54) is 7.11 Å². The van der Waals surface area contributed by atoms with Crippen LogP contribution in [0.5, 0.6) is 11.5 Å². The Kier molecular flexibility index (Phi) is 5.44. The molecule has 5 N–H and O–H groups in total. The van der Waals surface area contributed by atoms with Gasteiger partial charge in [-0.15, -0.1) is 0 Å². The SMILES string of the molecule is COc1cc([C@H]2O[C@@H]2CO)ccc1O[C@@H]1O[C@H](CO)[C@@H](O)[C@H](O)[C@H]1O. The molecule has 25 heavy (non-hydrogen) atoms. The number of epoxide rings is 1. The lowest BCUT2D eigenvalue weighted by molar-refractivity contribution is -0.277.